The Hall–Kier alpha value is -1.17. The van der Waals surface area contributed by atoms with Crippen LogP contribution in [0.25, 0.3) is 0 Å². The van der Waals surface area contributed by atoms with Crippen LogP contribution in [0.15, 0.2) is 18.3 Å². The number of hydrogen-bond acceptors (Lipinski definition) is 5. The lowest BCUT2D eigenvalue weighted by Gasteiger charge is -2.48. The molecule has 5 nitrogen and oxygen atoms in total. The number of nitrogens with zero attached hydrogens (tertiary/aromatic N) is 2. The summed E-state index contributed by atoms with van der Waals surface area (Å²) in [4.78, 5) is 6.49. The van der Waals surface area contributed by atoms with Crippen molar-refractivity contribution in [3.05, 3.63) is 23.9 Å². The monoisotopic (exact) mass is 263 g/mol. The van der Waals surface area contributed by atoms with Crippen LogP contribution >= 0.6 is 0 Å². The van der Waals surface area contributed by atoms with E-state index in [9.17, 15) is 0 Å². The second-order valence-electron chi connectivity index (χ2n) is 5.64. The molecular weight excluding hydrogens is 238 g/mol. The van der Waals surface area contributed by atoms with Crippen molar-refractivity contribution < 1.29 is 0 Å². The number of hydrogen-bond donors (Lipinski definition) is 3. The lowest BCUT2D eigenvalue weighted by Crippen LogP contribution is -2.56. The van der Waals surface area contributed by atoms with Gasteiger partial charge in [0.1, 0.15) is 5.82 Å². The van der Waals surface area contributed by atoms with Gasteiger partial charge in [0.25, 0.3) is 0 Å². The summed E-state index contributed by atoms with van der Waals surface area (Å²) < 4.78 is 0. The van der Waals surface area contributed by atoms with E-state index in [4.69, 9.17) is 11.6 Å². The third kappa shape index (κ3) is 2.59. The molecule has 1 heterocycles. The van der Waals surface area contributed by atoms with Crippen molar-refractivity contribution >= 4 is 5.82 Å². The fraction of sp³-hybridized carbons (Fsp3) is 0.643. The van der Waals surface area contributed by atoms with Gasteiger partial charge < -0.3 is 10.6 Å². The van der Waals surface area contributed by atoms with Crippen LogP contribution in [-0.4, -0.2) is 29.5 Å². The van der Waals surface area contributed by atoms with Crippen LogP contribution in [0.3, 0.4) is 0 Å². The Morgan fingerprint density at radius 1 is 1.32 bits per heavy atom. The molecule has 5 N–H and O–H groups in total. The van der Waals surface area contributed by atoms with Crippen LogP contribution in [0.5, 0.6) is 0 Å². The summed E-state index contributed by atoms with van der Waals surface area (Å²) in [6.07, 6.45) is 7.74. The smallest absolute Gasteiger partial charge is 0.128 e. The lowest BCUT2D eigenvalue weighted by atomic mass is 9.73. The van der Waals surface area contributed by atoms with Crippen molar-refractivity contribution in [3.8, 4) is 0 Å². The number of nitrogens with one attached hydrogen (secondary N) is 1. The molecule has 0 bridgehead atoms. The molecule has 0 radical (unpaired) electrons. The van der Waals surface area contributed by atoms with E-state index in [0.717, 1.165) is 18.4 Å². The molecule has 0 amide bonds. The molecular formula is C14H25N5. The zero-order valence-corrected chi connectivity index (χ0v) is 11.9. The number of anilines is 1. The minimum Gasteiger partial charge on any atom is -0.383 e. The van der Waals surface area contributed by atoms with E-state index < -0.39 is 0 Å². The first-order valence-corrected chi connectivity index (χ1v) is 6.96. The predicted molar refractivity (Wildman–Crippen MR) is 78.2 cm³/mol. The molecule has 0 saturated heterocycles. The van der Waals surface area contributed by atoms with Gasteiger partial charge in [-0.1, -0.05) is 25.3 Å². The van der Waals surface area contributed by atoms with Gasteiger partial charge in [0, 0.05) is 17.3 Å². The molecule has 1 aromatic heterocycles. The van der Waals surface area contributed by atoms with Crippen molar-refractivity contribution in [2.45, 2.75) is 43.7 Å². The molecule has 5 heteroatoms. The molecule has 1 unspecified atom stereocenters. The highest BCUT2D eigenvalue weighted by Crippen LogP contribution is 2.42. The van der Waals surface area contributed by atoms with Crippen LogP contribution in [0.1, 0.15) is 43.7 Å². The van der Waals surface area contributed by atoms with Gasteiger partial charge in [-0.15, -0.1) is 0 Å². The second-order valence-corrected chi connectivity index (χ2v) is 5.64. The summed E-state index contributed by atoms with van der Waals surface area (Å²) in [5.74, 6) is 6.43. The normalized spacial score (nSPS) is 20.4. The zero-order valence-electron chi connectivity index (χ0n) is 11.9. The van der Waals surface area contributed by atoms with Gasteiger partial charge in [0.15, 0.2) is 0 Å². The van der Waals surface area contributed by atoms with Gasteiger partial charge in [0.05, 0.1) is 6.04 Å². The minimum atomic E-state index is 0.0106. The number of rotatable bonds is 4. The highest BCUT2D eigenvalue weighted by Gasteiger charge is 2.42. The van der Waals surface area contributed by atoms with E-state index in [1.54, 1.807) is 6.20 Å². The molecule has 1 atom stereocenters. The zero-order chi connectivity index (χ0) is 13.9. The van der Waals surface area contributed by atoms with E-state index >= 15 is 0 Å². The first-order chi connectivity index (χ1) is 9.12. The molecule has 1 aromatic rings. The number of nitrogen functional groups attached to an aromatic ring is 1. The van der Waals surface area contributed by atoms with Gasteiger partial charge >= 0.3 is 0 Å². The Morgan fingerprint density at radius 3 is 2.53 bits per heavy atom. The molecule has 1 saturated carbocycles. The van der Waals surface area contributed by atoms with Gasteiger partial charge in [-0.05, 0) is 33.0 Å². The fourth-order valence-corrected chi connectivity index (χ4v) is 3.37. The lowest BCUT2D eigenvalue weighted by molar-refractivity contribution is 0.0566. The number of likely N-dealkylation sites (N-methyl/N-ethyl adjacent to an activating group) is 1. The average Bonchev–Trinajstić information content (AvgIpc) is 2.42. The summed E-state index contributed by atoms with van der Waals surface area (Å²) in [6.45, 7) is 0. The third-order valence-corrected chi connectivity index (χ3v) is 4.50. The average molecular weight is 263 g/mol. The molecule has 1 fully saturated rings. The number of nitrogens with two attached hydrogens (primary N) is 2. The van der Waals surface area contributed by atoms with Crippen LogP contribution in [-0.2, 0) is 0 Å². The van der Waals surface area contributed by atoms with E-state index in [0.29, 0.717) is 5.82 Å². The van der Waals surface area contributed by atoms with Crippen LogP contribution < -0.4 is 17.0 Å². The van der Waals surface area contributed by atoms with Crippen LogP contribution in [0.4, 0.5) is 5.82 Å². The maximum absolute atomic E-state index is 6.04. The number of pyridine rings is 1. The Labute approximate surface area is 115 Å². The van der Waals surface area contributed by atoms with Crippen molar-refractivity contribution in [1.82, 2.24) is 15.3 Å². The van der Waals surface area contributed by atoms with Crippen LogP contribution in [0.2, 0.25) is 0 Å². The van der Waals surface area contributed by atoms with Gasteiger partial charge in [-0.2, -0.15) is 0 Å². The van der Waals surface area contributed by atoms with E-state index in [2.05, 4.69) is 29.4 Å². The Morgan fingerprint density at radius 2 is 2.00 bits per heavy atom. The Kier molecular flexibility index (Phi) is 4.39. The maximum Gasteiger partial charge on any atom is 0.128 e. The van der Waals surface area contributed by atoms with Gasteiger partial charge in [-0.25, -0.2) is 4.98 Å². The highest BCUT2D eigenvalue weighted by atomic mass is 15.3. The summed E-state index contributed by atoms with van der Waals surface area (Å²) in [7, 11) is 4.25. The molecule has 2 rings (SSSR count). The van der Waals surface area contributed by atoms with E-state index in [-0.39, 0.29) is 11.6 Å². The van der Waals surface area contributed by atoms with Crippen LogP contribution in [0, 0.1) is 0 Å². The minimum absolute atomic E-state index is 0.0106. The maximum atomic E-state index is 6.04. The van der Waals surface area contributed by atoms with Crippen molar-refractivity contribution in [2.24, 2.45) is 5.84 Å². The Balaban J connectivity index is 2.40. The first kappa shape index (κ1) is 14.2. The largest absolute Gasteiger partial charge is 0.383 e. The standard InChI is InChI=1S/C14H25N5/c1-19(2)14(8-4-3-5-9-14)12(18-16)11-7-6-10-17-13(11)15/h6-7,10,12,18H,3-5,8-9,16H2,1-2H3,(H2,15,17). The summed E-state index contributed by atoms with van der Waals surface area (Å²) in [6, 6.07) is 3.95. The number of hydrazine groups is 1. The third-order valence-electron chi connectivity index (χ3n) is 4.50. The molecule has 106 valence electrons. The van der Waals surface area contributed by atoms with Gasteiger partial charge in [-0.3, -0.25) is 11.3 Å². The van der Waals surface area contributed by atoms with Crippen molar-refractivity contribution in [3.63, 3.8) is 0 Å². The quantitative estimate of drug-likeness (QED) is 0.565. The number of aromatic nitrogens is 1. The molecule has 19 heavy (non-hydrogen) atoms. The first-order valence-electron chi connectivity index (χ1n) is 6.96. The molecule has 0 spiro atoms. The Bertz CT molecular complexity index is 412. The SMILES string of the molecule is CN(C)C1(C(NN)c2cccnc2N)CCCCC1. The topological polar surface area (TPSA) is 80.2 Å². The molecule has 0 aliphatic heterocycles. The molecule has 1 aliphatic rings. The summed E-state index contributed by atoms with van der Waals surface area (Å²) in [5, 5.41) is 0. The van der Waals surface area contributed by atoms with E-state index in [1.807, 2.05) is 12.1 Å². The van der Waals surface area contributed by atoms with E-state index in [1.165, 1.54) is 19.3 Å². The molecule has 1 aliphatic carbocycles. The second kappa shape index (κ2) is 5.86. The van der Waals surface area contributed by atoms with Crippen molar-refractivity contribution in [2.75, 3.05) is 19.8 Å². The fourth-order valence-electron chi connectivity index (χ4n) is 3.37. The summed E-state index contributed by atoms with van der Waals surface area (Å²) in [5.41, 5.74) is 10.0. The highest BCUT2D eigenvalue weighted by molar-refractivity contribution is 5.42. The molecule has 0 aromatic carbocycles. The predicted octanol–water partition coefficient (Wildman–Crippen LogP) is 1.43. The van der Waals surface area contributed by atoms with Gasteiger partial charge in [0.2, 0.25) is 0 Å². The van der Waals surface area contributed by atoms with Crippen molar-refractivity contribution in [1.29, 1.82) is 0 Å². The summed E-state index contributed by atoms with van der Waals surface area (Å²) >= 11 is 0.